The van der Waals surface area contributed by atoms with E-state index < -0.39 is 0 Å². The van der Waals surface area contributed by atoms with Crippen LogP contribution < -0.4 is 10.6 Å². The lowest BCUT2D eigenvalue weighted by atomic mass is 10.2. The van der Waals surface area contributed by atoms with E-state index in [0.717, 1.165) is 33.6 Å². The van der Waals surface area contributed by atoms with Gasteiger partial charge in [0.1, 0.15) is 0 Å². The van der Waals surface area contributed by atoms with Gasteiger partial charge >= 0.3 is 0 Å². The number of halogens is 2. The number of hydrogen-bond donors (Lipinski definition) is 2. The lowest BCUT2D eigenvalue weighted by Crippen LogP contribution is -2.32. The second-order valence-electron chi connectivity index (χ2n) is 5.62. The van der Waals surface area contributed by atoms with Crippen molar-refractivity contribution in [2.75, 3.05) is 17.6 Å². The zero-order valence-corrected chi connectivity index (χ0v) is 16.8. The monoisotopic (exact) mass is 398 g/mol. The molecule has 0 aliphatic heterocycles. The van der Waals surface area contributed by atoms with E-state index in [1.807, 2.05) is 61.2 Å². The van der Waals surface area contributed by atoms with Crippen molar-refractivity contribution in [3.05, 3.63) is 58.1 Å². The molecule has 0 heterocycles. The Morgan fingerprint density at radius 1 is 1.17 bits per heavy atom. The predicted octanol–water partition coefficient (Wildman–Crippen LogP) is 6.02. The van der Waals surface area contributed by atoms with Crippen LogP contribution in [0.15, 0.2) is 47.4 Å². The molecule has 1 unspecified atom stereocenters. The molecule has 0 amide bonds. The van der Waals surface area contributed by atoms with Gasteiger partial charge in [0.15, 0.2) is 5.11 Å². The minimum atomic E-state index is 0.478. The van der Waals surface area contributed by atoms with Gasteiger partial charge < -0.3 is 10.6 Å². The molecule has 0 aliphatic rings. The van der Waals surface area contributed by atoms with E-state index in [2.05, 4.69) is 17.6 Å². The number of rotatable bonds is 6. The molecule has 2 rings (SSSR count). The zero-order chi connectivity index (χ0) is 17.5. The zero-order valence-electron chi connectivity index (χ0n) is 13.6. The average Bonchev–Trinajstić information content (AvgIpc) is 2.56. The number of thiocarbonyl (C=S) groups is 1. The van der Waals surface area contributed by atoms with Crippen molar-refractivity contribution in [3.8, 4) is 0 Å². The van der Waals surface area contributed by atoms with Gasteiger partial charge in [-0.05, 0) is 67.0 Å². The molecule has 0 spiro atoms. The van der Waals surface area contributed by atoms with Crippen LogP contribution in [0.2, 0.25) is 10.0 Å². The van der Waals surface area contributed by atoms with Crippen molar-refractivity contribution in [3.63, 3.8) is 0 Å². The van der Waals surface area contributed by atoms with Crippen LogP contribution in [0.1, 0.15) is 12.5 Å². The van der Waals surface area contributed by atoms with Gasteiger partial charge in [-0.3, -0.25) is 0 Å². The van der Waals surface area contributed by atoms with Crippen LogP contribution >= 0.6 is 47.2 Å². The Hall–Kier alpha value is -0.940. The molecule has 0 fully saturated rings. The second-order valence-corrected chi connectivity index (χ2v) is 7.96. The fraction of sp³-hybridized carbons (Fsp3) is 0.278. The molecule has 2 aromatic carbocycles. The summed E-state index contributed by atoms with van der Waals surface area (Å²) in [5.74, 6) is 1.49. The van der Waals surface area contributed by atoms with E-state index >= 15 is 0 Å². The first-order chi connectivity index (χ1) is 11.5. The van der Waals surface area contributed by atoms with Gasteiger partial charge in [0, 0.05) is 32.9 Å². The first-order valence-corrected chi connectivity index (χ1v) is 9.79. The maximum atomic E-state index is 6.12. The Labute approximate surface area is 163 Å². The van der Waals surface area contributed by atoms with Crippen LogP contribution in [0.3, 0.4) is 0 Å². The molecule has 24 heavy (non-hydrogen) atoms. The molecule has 128 valence electrons. The molecular weight excluding hydrogens is 379 g/mol. The SMILES string of the molecule is Cc1c(Cl)cccc1NC(=S)NCC(C)CSc1ccc(Cl)cc1. The highest BCUT2D eigenvalue weighted by Gasteiger charge is 2.07. The first kappa shape index (κ1) is 19.4. The molecule has 0 bridgehead atoms. The Morgan fingerprint density at radius 2 is 1.88 bits per heavy atom. The maximum absolute atomic E-state index is 6.12. The predicted molar refractivity (Wildman–Crippen MR) is 112 cm³/mol. The third-order valence-electron chi connectivity index (χ3n) is 3.48. The molecule has 2 N–H and O–H groups in total. The summed E-state index contributed by atoms with van der Waals surface area (Å²) in [6.07, 6.45) is 0. The minimum absolute atomic E-state index is 0.478. The van der Waals surface area contributed by atoms with Crippen molar-refractivity contribution in [1.82, 2.24) is 5.32 Å². The number of benzene rings is 2. The van der Waals surface area contributed by atoms with E-state index in [-0.39, 0.29) is 0 Å². The lowest BCUT2D eigenvalue weighted by molar-refractivity contribution is 0.637. The largest absolute Gasteiger partial charge is 0.362 e. The van der Waals surface area contributed by atoms with Crippen LogP contribution in [0.25, 0.3) is 0 Å². The smallest absolute Gasteiger partial charge is 0.170 e. The van der Waals surface area contributed by atoms with Gasteiger partial charge in [0.05, 0.1) is 0 Å². The highest BCUT2D eigenvalue weighted by Crippen LogP contribution is 2.23. The minimum Gasteiger partial charge on any atom is -0.362 e. The Morgan fingerprint density at radius 3 is 2.58 bits per heavy atom. The summed E-state index contributed by atoms with van der Waals surface area (Å²) in [5.41, 5.74) is 1.93. The van der Waals surface area contributed by atoms with Gasteiger partial charge in [0.25, 0.3) is 0 Å². The molecule has 0 aromatic heterocycles. The number of nitrogens with one attached hydrogen (secondary N) is 2. The van der Waals surface area contributed by atoms with Gasteiger partial charge in [-0.15, -0.1) is 11.8 Å². The van der Waals surface area contributed by atoms with Gasteiger partial charge in [0.2, 0.25) is 0 Å². The molecule has 0 saturated heterocycles. The van der Waals surface area contributed by atoms with Crippen LogP contribution in [0.5, 0.6) is 0 Å². The summed E-state index contributed by atoms with van der Waals surface area (Å²) in [6.45, 7) is 4.98. The molecular formula is C18H20Cl2N2S2. The normalized spacial score (nSPS) is 11.8. The summed E-state index contributed by atoms with van der Waals surface area (Å²) in [6, 6.07) is 13.7. The maximum Gasteiger partial charge on any atom is 0.170 e. The third kappa shape index (κ3) is 6.17. The average molecular weight is 399 g/mol. The Balaban J connectivity index is 1.74. The lowest BCUT2D eigenvalue weighted by Gasteiger charge is -2.16. The topological polar surface area (TPSA) is 24.1 Å². The quantitative estimate of drug-likeness (QED) is 0.458. The van der Waals surface area contributed by atoms with Gasteiger partial charge in [-0.1, -0.05) is 36.2 Å². The third-order valence-corrected chi connectivity index (χ3v) is 5.72. The van der Waals surface area contributed by atoms with Crippen molar-refractivity contribution < 1.29 is 0 Å². The molecule has 1 atom stereocenters. The van der Waals surface area contributed by atoms with Crippen molar-refractivity contribution in [1.29, 1.82) is 0 Å². The van der Waals surface area contributed by atoms with Crippen LogP contribution in [-0.4, -0.2) is 17.4 Å². The Kier molecular flexibility index (Phi) is 7.69. The summed E-state index contributed by atoms with van der Waals surface area (Å²) < 4.78 is 0. The highest BCUT2D eigenvalue weighted by molar-refractivity contribution is 7.99. The summed E-state index contributed by atoms with van der Waals surface area (Å²) in [5, 5.41) is 8.58. The second kappa shape index (κ2) is 9.52. The molecule has 0 radical (unpaired) electrons. The fourth-order valence-corrected chi connectivity index (χ4v) is 3.42. The molecule has 0 aliphatic carbocycles. The first-order valence-electron chi connectivity index (χ1n) is 7.64. The van der Waals surface area contributed by atoms with E-state index in [9.17, 15) is 0 Å². The highest BCUT2D eigenvalue weighted by atomic mass is 35.5. The van der Waals surface area contributed by atoms with E-state index in [1.54, 1.807) is 0 Å². The van der Waals surface area contributed by atoms with E-state index in [1.165, 1.54) is 4.90 Å². The van der Waals surface area contributed by atoms with Crippen LogP contribution in [-0.2, 0) is 0 Å². The molecule has 2 nitrogen and oxygen atoms in total. The standard InChI is InChI=1S/C18H20Cl2N2S2/c1-12(11-24-15-8-6-14(19)7-9-15)10-21-18(23)22-17-5-3-4-16(20)13(17)2/h3-9,12H,10-11H2,1-2H3,(H2,21,22,23). The van der Waals surface area contributed by atoms with E-state index in [0.29, 0.717) is 11.0 Å². The number of anilines is 1. The van der Waals surface area contributed by atoms with Crippen molar-refractivity contribution in [2.24, 2.45) is 5.92 Å². The van der Waals surface area contributed by atoms with Gasteiger partial charge in [-0.2, -0.15) is 0 Å². The molecule has 6 heteroatoms. The van der Waals surface area contributed by atoms with Crippen LogP contribution in [0.4, 0.5) is 5.69 Å². The summed E-state index contributed by atoms with van der Waals surface area (Å²) in [7, 11) is 0. The number of thioether (sulfide) groups is 1. The van der Waals surface area contributed by atoms with Crippen LogP contribution in [0, 0.1) is 12.8 Å². The summed E-state index contributed by atoms with van der Waals surface area (Å²) >= 11 is 19.2. The van der Waals surface area contributed by atoms with Gasteiger partial charge in [-0.25, -0.2) is 0 Å². The fourth-order valence-electron chi connectivity index (χ4n) is 2.00. The Bertz CT molecular complexity index is 690. The summed E-state index contributed by atoms with van der Waals surface area (Å²) in [4.78, 5) is 1.22. The van der Waals surface area contributed by atoms with E-state index in [4.69, 9.17) is 35.4 Å². The van der Waals surface area contributed by atoms with Crippen molar-refractivity contribution in [2.45, 2.75) is 18.7 Å². The van der Waals surface area contributed by atoms with Crippen molar-refractivity contribution >= 4 is 58.0 Å². The molecule has 0 saturated carbocycles. The number of hydrogen-bond acceptors (Lipinski definition) is 2. The molecule has 2 aromatic rings.